The lowest BCUT2D eigenvalue weighted by Gasteiger charge is -2.39. The summed E-state index contributed by atoms with van der Waals surface area (Å²) < 4.78 is 4.91. The van der Waals surface area contributed by atoms with E-state index in [2.05, 4.69) is 26.6 Å². The molecule has 2 aliphatic heterocycles. The van der Waals surface area contributed by atoms with Crippen molar-refractivity contribution in [3.63, 3.8) is 0 Å². The lowest BCUT2D eigenvalue weighted by Crippen LogP contribution is -2.52. The molecule has 0 saturated carbocycles. The highest BCUT2D eigenvalue weighted by atomic mass is 35.5. The zero-order chi connectivity index (χ0) is 19.5. The number of carbonyl (C=O) groups is 1. The molecular formula is C22H22ClN3O2. The molecule has 1 aromatic heterocycles. The average molecular weight is 396 g/mol. The van der Waals surface area contributed by atoms with Gasteiger partial charge in [-0.2, -0.15) is 0 Å². The molecule has 2 aromatic rings. The molecule has 28 heavy (non-hydrogen) atoms. The van der Waals surface area contributed by atoms with Crippen LogP contribution in [0.2, 0.25) is 5.02 Å². The third-order valence-electron chi connectivity index (χ3n) is 5.40. The summed E-state index contributed by atoms with van der Waals surface area (Å²) in [5, 5.41) is 0.710. The topological polar surface area (TPSA) is 45.7 Å². The van der Waals surface area contributed by atoms with E-state index in [9.17, 15) is 4.79 Å². The maximum absolute atomic E-state index is 12.1. The van der Waals surface area contributed by atoms with E-state index in [4.69, 9.17) is 16.3 Å². The van der Waals surface area contributed by atoms with Crippen molar-refractivity contribution in [2.45, 2.75) is 24.9 Å². The van der Waals surface area contributed by atoms with E-state index in [0.717, 1.165) is 38.0 Å². The molecule has 0 aliphatic carbocycles. The Bertz CT molecular complexity index is 937. The Morgan fingerprint density at radius 2 is 2.14 bits per heavy atom. The normalized spacial score (nSPS) is 21.6. The summed E-state index contributed by atoms with van der Waals surface area (Å²) >= 11 is 6.05. The van der Waals surface area contributed by atoms with E-state index < -0.39 is 0 Å². The average Bonchev–Trinajstić information content (AvgIpc) is 3.14. The maximum atomic E-state index is 12.1. The number of aromatic nitrogens is 1. The molecule has 0 spiro atoms. The number of hydrogen-bond acceptors (Lipinski definition) is 5. The number of piperazine rings is 1. The molecule has 0 amide bonds. The van der Waals surface area contributed by atoms with E-state index in [1.165, 1.54) is 7.11 Å². The van der Waals surface area contributed by atoms with E-state index in [1.54, 1.807) is 18.3 Å². The highest BCUT2D eigenvalue weighted by molar-refractivity contribution is 6.30. The monoisotopic (exact) mass is 395 g/mol. The molecule has 0 radical (unpaired) electrons. The largest absolute Gasteiger partial charge is 0.465 e. The molecule has 3 heterocycles. The second-order valence-electron chi connectivity index (χ2n) is 7.08. The van der Waals surface area contributed by atoms with Gasteiger partial charge in [-0.1, -0.05) is 29.5 Å². The third-order valence-corrected chi connectivity index (χ3v) is 5.64. The highest BCUT2D eigenvalue weighted by Crippen LogP contribution is 2.30. The van der Waals surface area contributed by atoms with Crippen LogP contribution in [0.15, 0.2) is 42.6 Å². The van der Waals surface area contributed by atoms with Crippen molar-refractivity contribution in [1.82, 2.24) is 9.88 Å². The molecule has 6 heteroatoms. The number of nitrogens with zero attached hydrogens (tertiary/aromatic N) is 3. The van der Waals surface area contributed by atoms with Gasteiger partial charge in [0.2, 0.25) is 0 Å². The Morgan fingerprint density at radius 1 is 1.25 bits per heavy atom. The van der Waals surface area contributed by atoms with Crippen LogP contribution in [0.4, 0.5) is 5.82 Å². The number of benzene rings is 1. The number of hydrogen-bond donors (Lipinski definition) is 0. The van der Waals surface area contributed by atoms with Crippen LogP contribution in [0.5, 0.6) is 0 Å². The zero-order valence-electron chi connectivity index (χ0n) is 15.8. The molecule has 2 fully saturated rings. The standard InChI is InChI=1S/C22H22ClN3O2/c1-28-22(27)20-6-3-11-24-21(20)25-12-13-26-18(9-10-19(26)15-25)8-7-16-4-2-5-17(23)14-16/h2-6,11,14,18-19H,9-10,12-13,15H2,1H3/t18-,19-/m0/s1. The number of ether oxygens (including phenoxy) is 1. The van der Waals surface area contributed by atoms with Crippen LogP contribution in [-0.4, -0.2) is 54.7 Å². The summed E-state index contributed by atoms with van der Waals surface area (Å²) in [7, 11) is 1.40. The van der Waals surface area contributed by atoms with Crippen molar-refractivity contribution in [3.05, 3.63) is 58.7 Å². The number of halogens is 1. The van der Waals surface area contributed by atoms with E-state index in [-0.39, 0.29) is 12.0 Å². The zero-order valence-corrected chi connectivity index (χ0v) is 16.5. The summed E-state index contributed by atoms with van der Waals surface area (Å²) in [6.45, 7) is 2.56. The van der Waals surface area contributed by atoms with Gasteiger partial charge in [-0.3, -0.25) is 4.90 Å². The Balaban J connectivity index is 1.47. The first-order valence-corrected chi connectivity index (χ1v) is 9.84. The molecule has 0 N–H and O–H groups in total. The molecule has 1 aromatic carbocycles. The fraction of sp³-hybridized carbons (Fsp3) is 0.364. The number of carbonyl (C=O) groups excluding carboxylic acids is 1. The van der Waals surface area contributed by atoms with Gasteiger partial charge < -0.3 is 9.64 Å². The van der Waals surface area contributed by atoms with Crippen LogP contribution in [0.3, 0.4) is 0 Å². The maximum Gasteiger partial charge on any atom is 0.341 e. The van der Waals surface area contributed by atoms with Gasteiger partial charge in [0.25, 0.3) is 0 Å². The predicted octanol–water partition coefficient (Wildman–Crippen LogP) is 3.23. The van der Waals surface area contributed by atoms with Crippen molar-refractivity contribution in [3.8, 4) is 11.8 Å². The Morgan fingerprint density at radius 3 is 2.96 bits per heavy atom. The first-order valence-electron chi connectivity index (χ1n) is 9.47. The van der Waals surface area contributed by atoms with Crippen molar-refractivity contribution in [2.24, 2.45) is 0 Å². The molecule has 144 valence electrons. The van der Waals surface area contributed by atoms with Gasteiger partial charge in [0.1, 0.15) is 11.4 Å². The number of fused-ring (bicyclic) bond motifs is 1. The van der Waals surface area contributed by atoms with Crippen molar-refractivity contribution in [2.75, 3.05) is 31.6 Å². The van der Waals surface area contributed by atoms with Crippen molar-refractivity contribution >= 4 is 23.4 Å². The second kappa shape index (κ2) is 8.22. The van der Waals surface area contributed by atoms with Crippen LogP contribution < -0.4 is 4.90 Å². The van der Waals surface area contributed by atoms with Gasteiger partial charge in [-0.05, 0) is 43.2 Å². The minimum absolute atomic E-state index is 0.259. The van der Waals surface area contributed by atoms with Gasteiger partial charge in [0.15, 0.2) is 0 Å². The second-order valence-corrected chi connectivity index (χ2v) is 7.51. The van der Waals surface area contributed by atoms with E-state index in [1.807, 2.05) is 24.3 Å². The number of esters is 1. The van der Waals surface area contributed by atoms with E-state index in [0.29, 0.717) is 22.4 Å². The molecule has 2 aliphatic rings. The lowest BCUT2D eigenvalue weighted by atomic mass is 10.1. The van der Waals surface area contributed by atoms with Gasteiger partial charge in [-0.25, -0.2) is 9.78 Å². The van der Waals surface area contributed by atoms with Crippen LogP contribution in [0, 0.1) is 11.8 Å². The van der Waals surface area contributed by atoms with Gasteiger partial charge in [0, 0.05) is 42.5 Å². The molecule has 2 saturated heterocycles. The van der Waals surface area contributed by atoms with Crippen LogP contribution >= 0.6 is 11.6 Å². The van der Waals surface area contributed by atoms with Crippen molar-refractivity contribution < 1.29 is 9.53 Å². The van der Waals surface area contributed by atoms with Gasteiger partial charge in [0.05, 0.1) is 13.2 Å². The fourth-order valence-corrected chi connectivity index (χ4v) is 4.24. The lowest BCUT2D eigenvalue weighted by molar-refractivity contribution is 0.0600. The summed E-state index contributed by atoms with van der Waals surface area (Å²) in [4.78, 5) is 21.2. The van der Waals surface area contributed by atoms with E-state index >= 15 is 0 Å². The van der Waals surface area contributed by atoms with Crippen LogP contribution in [0.1, 0.15) is 28.8 Å². The first kappa shape index (κ1) is 18.8. The number of methoxy groups -OCH3 is 1. The highest BCUT2D eigenvalue weighted by Gasteiger charge is 2.37. The van der Waals surface area contributed by atoms with Crippen LogP contribution in [-0.2, 0) is 4.74 Å². The predicted molar refractivity (Wildman–Crippen MR) is 110 cm³/mol. The third kappa shape index (κ3) is 3.84. The molecule has 2 atom stereocenters. The summed E-state index contributed by atoms with van der Waals surface area (Å²) in [5.41, 5.74) is 1.47. The van der Waals surface area contributed by atoms with Gasteiger partial charge in [-0.15, -0.1) is 0 Å². The summed E-state index contributed by atoms with van der Waals surface area (Å²) in [6.07, 6.45) is 3.87. The Kier molecular flexibility index (Phi) is 5.52. The number of anilines is 1. The molecular weight excluding hydrogens is 374 g/mol. The van der Waals surface area contributed by atoms with Crippen LogP contribution in [0.25, 0.3) is 0 Å². The minimum atomic E-state index is -0.345. The number of pyridine rings is 1. The molecule has 4 rings (SSSR count). The number of rotatable bonds is 2. The van der Waals surface area contributed by atoms with Crippen molar-refractivity contribution in [1.29, 1.82) is 0 Å². The Labute approximate surface area is 170 Å². The summed E-state index contributed by atoms with van der Waals surface area (Å²) in [6, 6.07) is 11.9. The smallest absolute Gasteiger partial charge is 0.341 e. The fourth-order valence-electron chi connectivity index (χ4n) is 4.05. The van der Waals surface area contributed by atoms with Gasteiger partial charge >= 0.3 is 5.97 Å². The minimum Gasteiger partial charge on any atom is -0.465 e. The molecule has 5 nitrogen and oxygen atoms in total. The molecule has 0 bridgehead atoms. The molecule has 0 unspecified atom stereocenters. The first-order chi connectivity index (χ1) is 13.7. The summed E-state index contributed by atoms with van der Waals surface area (Å²) in [5.74, 6) is 7.06. The quantitative estimate of drug-likeness (QED) is 0.577. The Hall–Kier alpha value is -2.55. The SMILES string of the molecule is COC(=O)c1cccnc1N1CCN2[C@@H](CC[C@@H]2C#Cc2cccc(Cl)c2)C1.